The molecule has 1 unspecified atom stereocenters. The average Bonchev–Trinajstić information content (AvgIpc) is 2.91. The zero-order valence-electron chi connectivity index (χ0n) is 21.6. The van der Waals surface area contributed by atoms with Gasteiger partial charge in [0.1, 0.15) is 11.9 Å². The second-order valence-corrected chi connectivity index (χ2v) is 9.33. The van der Waals surface area contributed by atoms with Gasteiger partial charge in [0, 0.05) is 17.5 Å². The molecule has 3 aromatic carbocycles. The van der Waals surface area contributed by atoms with Gasteiger partial charge in [0.05, 0.1) is 6.21 Å². The van der Waals surface area contributed by atoms with Crippen LogP contribution in [0.4, 0.5) is 4.39 Å². The number of nitrogens with zero attached hydrogens (tertiary/aromatic N) is 2. The van der Waals surface area contributed by atoms with E-state index in [1.54, 1.807) is 6.21 Å². The van der Waals surface area contributed by atoms with Gasteiger partial charge in [-0.15, -0.1) is 11.7 Å². The third-order valence-corrected chi connectivity index (χ3v) is 6.32. The summed E-state index contributed by atoms with van der Waals surface area (Å²) in [6, 6.07) is 26.6. The molecule has 0 radical (unpaired) electrons. The van der Waals surface area contributed by atoms with Gasteiger partial charge in [-0.25, -0.2) is 4.39 Å². The van der Waals surface area contributed by atoms with Crippen LogP contribution < -0.4 is 0 Å². The van der Waals surface area contributed by atoms with Gasteiger partial charge >= 0.3 is 0 Å². The minimum Gasteiger partial charge on any atom is -0.247 e. The second-order valence-electron chi connectivity index (χ2n) is 9.33. The number of alkyl halides is 1. The highest BCUT2D eigenvalue weighted by Crippen LogP contribution is 2.17. The molecule has 2 nitrogen and oxygen atoms in total. The Morgan fingerprint density at radius 3 is 2.22 bits per heavy atom. The number of aryl methyl sites for hydroxylation is 1. The summed E-state index contributed by atoms with van der Waals surface area (Å²) in [5, 5.41) is 9.01. The van der Waals surface area contributed by atoms with Crippen molar-refractivity contribution < 1.29 is 4.39 Å². The number of allylic oxidation sites excluding steroid dienone is 1. The largest absolute Gasteiger partial charge is 0.247 e. The Morgan fingerprint density at radius 2 is 1.53 bits per heavy atom. The highest BCUT2D eigenvalue weighted by atomic mass is 19.1. The lowest BCUT2D eigenvalue weighted by Crippen LogP contribution is -2.06. The predicted octanol–water partition coefficient (Wildman–Crippen LogP) is 8.92. The zero-order chi connectivity index (χ0) is 25.4. The van der Waals surface area contributed by atoms with Crippen molar-refractivity contribution in [3.05, 3.63) is 119 Å². The molecule has 0 aliphatic heterocycles. The van der Waals surface area contributed by atoms with Crippen molar-refractivity contribution in [2.75, 3.05) is 0 Å². The monoisotopic (exact) mass is 482 g/mol. The first-order valence-corrected chi connectivity index (χ1v) is 13.3. The van der Waals surface area contributed by atoms with Gasteiger partial charge in [-0.2, -0.15) is 5.10 Å². The summed E-state index contributed by atoms with van der Waals surface area (Å²) < 4.78 is 14.3. The highest BCUT2D eigenvalue weighted by molar-refractivity contribution is 6.13. The first-order chi connectivity index (χ1) is 17.7. The number of unbranched alkanes of at least 4 members (excludes halogenated alkanes) is 4. The van der Waals surface area contributed by atoms with E-state index in [-0.39, 0.29) is 0 Å². The molecule has 3 heteroatoms. The Hall–Kier alpha value is -3.33. The molecular weight excluding hydrogens is 443 g/mol. The maximum atomic E-state index is 14.3. The first kappa shape index (κ1) is 27.3. The molecule has 0 aromatic heterocycles. The molecule has 0 spiro atoms. The van der Waals surface area contributed by atoms with Crippen LogP contribution in [0, 0.1) is 0 Å². The minimum absolute atomic E-state index is 0.463. The first-order valence-electron chi connectivity index (χ1n) is 13.3. The lowest BCUT2D eigenvalue weighted by molar-refractivity contribution is 0.304. The summed E-state index contributed by atoms with van der Waals surface area (Å²) in [5.74, 6) is 0. The molecule has 3 aromatic rings. The molecule has 0 N–H and O–H groups in total. The fourth-order valence-corrected chi connectivity index (χ4v) is 4.19. The van der Waals surface area contributed by atoms with Crippen LogP contribution in [-0.2, 0) is 12.8 Å². The lowest BCUT2D eigenvalue weighted by atomic mass is 9.98. The molecule has 0 aliphatic rings. The molecule has 1 atom stereocenters. The van der Waals surface area contributed by atoms with E-state index in [1.807, 2.05) is 60.7 Å². The van der Waals surface area contributed by atoms with Crippen LogP contribution in [0.25, 0.3) is 0 Å². The van der Waals surface area contributed by atoms with Crippen LogP contribution in [0.3, 0.4) is 0 Å². The van der Waals surface area contributed by atoms with Crippen molar-refractivity contribution >= 4 is 11.9 Å². The smallest absolute Gasteiger partial charge is 0.104 e. The molecule has 0 aliphatic carbocycles. The fraction of sp³-hybridized carbons (Fsp3) is 0.333. The van der Waals surface area contributed by atoms with E-state index in [2.05, 4.69) is 48.0 Å². The van der Waals surface area contributed by atoms with Crippen LogP contribution in [0.2, 0.25) is 0 Å². The van der Waals surface area contributed by atoms with E-state index in [9.17, 15) is 4.39 Å². The Labute approximate surface area is 216 Å². The average molecular weight is 483 g/mol. The molecule has 0 heterocycles. The molecule has 0 amide bonds. The standard InChI is InChI=1S/C33H39FN2/c1-3-5-7-10-13-27-17-19-29(20-18-27)26-35-36-33(30-14-11-8-12-15-30)31-23-21-28(22-24-31)25-32(34)16-9-6-4-2/h3,8,11-12,14-15,17-24,26,32H,1,4-7,9-10,13,16,25H2,2H3. The Kier molecular flexibility index (Phi) is 11.8. The number of rotatable bonds is 15. The molecule has 36 heavy (non-hydrogen) atoms. The molecule has 0 bridgehead atoms. The van der Waals surface area contributed by atoms with Crippen LogP contribution in [-0.4, -0.2) is 18.1 Å². The van der Waals surface area contributed by atoms with Gasteiger partial charge in [0.25, 0.3) is 0 Å². The number of hydrogen-bond donors (Lipinski definition) is 0. The molecule has 188 valence electrons. The van der Waals surface area contributed by atoms with E-state index >= 15 is 0 Å². The van der Waals surface area contributed by atoms with Crippen LogP contribution in [0.1, 0.15) is 79.7 Å². The van der Waals surface area contributed by atoms with Gasteiger partial charge in [-0.05, 0) is 48.8 Å². The van der Waals surface area contributed by atoms with Gasteiger partial charge in [0.2, 0.25) is 0 Å². The summed E-state index contributed by atoms with van der Waals surface area (Å²) in [4.78, 5) is 0. The van der Waals surface area contributed by atoms with E-state index < -0.39 is 6.17 Å². The van der Waals surface area contributed by atoms with Gasteiger partial charge < -0.3 is 0 Å². The maximum absolute atomic E-state index is 14.3. The Morgan fingerprint density at radius 1 is 0.833 bits per heavy atom. The summed E-state index contributed by atoms with van der Waals surface area (Å²) in [6.45, 7) is 5.93. The van der Waals surface area contributed by atoms with Crippen LogP contribution >= 0.6 is 0 Å². The maximum Gasteiger partial charge on any atom is 0.104 e. The molecule has 0 saturated heterocycles. The number of benzene rings is 3. The van der Waals surface area contributed by atoms with Crippen molar-refractivity contribution in [1.29, 1.82) is 0 Å². The van der Waals surface area contributed by atoms with Crippen molar-refractivity contribution in [1.82, 2.24) is 0 Å². The van der Waals surface area contributed by atoms with E-state index in [1.165, 1.54) is 18.4 Å². The van der Waals surface area contributed by atoms with Gasteiger partial charge in [-0.1, -0.05) is 111 Å². The summed E-state index contributed by atoms with van der Waals surface area (Å²) >= 11 is 0. The third-order valence-electron chi connectivity index (χ3n) is 6.32. The Bertz CT molecular complexity index is 1080. The molecular formula is C33H39FN2. The number of halogens is 1. The van der Waals surface area contributed by atoms with Gasteiger partial charge in [0.15, 0.2) is 0 Å². The van der Waals surface area contributed by atoms with E-state index in [4.69, 9.17) is 0 Å². The minimum atomic E-state index is -0.784. The van der Waals surface area contributed by atoms with E-state index in [0.29, 0.717) is 12.8 Å². The van der Waals surface area contributed by atoms with E-state index in [0.717, 1.165) is 60.1 Å². The summed E-state index contributed by atoms with van der Waals surface area (Å²) in [7, 11) is 0. The lowest BCUT2D eigenvalue weighted by Gasteiger charge is -2.10. The highest BCUT2D eigenvalue weighted by Gasteiger charge is 2.10. The van der Waals surface area contributed by atoms with Crippen molar-refractivity contribution in [2.45, 2.75) is 70.9 Å². The summed E-state index contributed by atoms with van der Waals surface area (Å²) in [5.41, 5.74) is 6.15. The zero-order valence-corrected chi connectivity index (χ0v) is 21.6. The van der Waals surface area contributed by atoms with Crippen molar-refractivity contribution in [3.8, 4) is 0 Å². The van der Waals surface area contributed by atoms with Crippen molar-refractivity contribution in [3.63, 3.8) is 0 Å². The molecule has 0 fully saturated rings. The normalized spacial score (nSPS) is 12.7. The SMILES string of the molecule is C=CCCCCc1ccc(C=NN=C(c2ccccc2)c2ccc(CC(F)CCCCC)cc2)cc1. The predicted molar refractivity (Wildman–Crippen MR) is 153 cm³/mol. The van der Waals surface area contributed by atoms with Crippen LogP contribution in [0.15, 0.2) is 102 Å². The molecule has 0 saturated carbocycles. The van der Waals surface area contributed by atoms with Crippen molar-refractivity contribution in [2.24, 2.45) is 10.2 Å². The second kappa shape index (κ2) is 15.6. The van der Waals surface area contributed by atoms with Crippen LogP contribution in [0.5, 0.6) is 0 Å². The number of hydrogen-bond acceptors (Lipinski definition) is 2. The quantitative estimate of drug-likeness (QED) is 0.0894. The van der Waals surface area contributed by atoms with Gasteiger partial charge in [-0.3, -0.25) is 0 Å². The fourth-order valence-electron chi connectivity index (χ4n) is 4.19. The third kappa shape index (κ3) is 9.37. The topological polar surface area (TPSA) is 24.7 Å². The summed E-state index contributed by atoms with van der Waals surface area (Å²) in [6.07, 6.45) is 11.8. The Balaban J connectivity index is 1.69. The molecule has 3 rings (SSSR count).